The number of nitriles is 1. The van der Waals surface area contributed by atoms with E-state index in [1.54, 1.807) is 12.1 Å². The van der Waals surface area contributed by atoms with Crippen molar-refractivity contribution in [3.63, 3.8) is 0 Å². The molecule has 1 aliphatic rings. The van der Waals surface area contributed by atoms with Gasteiger partial charge in [-0.25, -0.2) is 18.4 Å². The molecule has 1 unspecified atom stereocenters. The van der Waals surface area contributed by atoms with Gasteiger partial charge < -0.3 is 10.6 Å². The Hall–Kier alpha value is -3.91. The average Bonchev–Trinajstić information content (AvgIpc) is 3.56. The van der Waals surface area contributed by atoms with Gasteiger partial charge in [0.1, 0.15) is 17.3 Å². The van der Waals surface area contributed by atoms with Crippen LogP contribution in [0.5, 0.6) is 0 Å². The Balaban J connectivity index is 1.62. The van der Waals surface area contributed by atoms with Gasteiger partial charge in [-0.2, -0.15) is 9.65 Å². The minimum atomic E-state index is -2.65. The van der Waals surface area contributed by atoms with Crippen LogP contribution in [0.25, 0.3) is 10.9 Å². The van der Waals surface area contributed by atoms with Crippen molar-refractivity contribution < 1.29 is 14.5 Å². The van der Waals surface area contributed by atoms with E-state index in [1.807, 2.05) is 20.8 Å². The molecule has 1 aromatic carbocycles. The number of alkyl halides is 2. The van der Waals surface area contributed by atoms with E-state index in [0.29, 0.717) is 34.4 Å². The number of hydrogen-bond donors (Lipinski definition) is 2. The number of nitrogens with one attached hydrogen (secondary N) is 2. The molecule has 12 heteroatoms. The number of halogens is 4. The molecule has 2 N–H and O–H groups in total. The number of hydrogen-bond acceptors (Lipinski definition) is 7. The third kappa shape index (κ3) is 5.34. The van der Waals surface area contributed by atoms with Gasteiger partial charge >= 0.3 is 0 Å². The third-order valence-electron chi connectivity index (χ3n) is 6.50. The zero-order valence-electron chi connectivity index (χ0n) is 22.4. The number of aromatic nitrogens is 5. The number of benzene rings is 1. The lowest BCUT2D eigenvalue weighted by Gasteiger charge is -2.22. The van der Waals surface area contributed by atoms with Crippen LogP contribution in [0.1, 0.15) is 57.8 Å². The van der Waals surface area contributed by atoms with E-state index < -0.39 is 23.9 Å². The Morgan fingerprint density at radius 2 is 2.00 bits per heavy atom. The topological polar surface area (TPSA) is 104 Å². The standard InChI is InChI=1S/C27H26ClF3N8/c1-26(2,3)14-35-22-16(10-32)12-34-24-18(22)8-17(9-19(24)28)36-23(15-4-5-21(29)33-11-15)20-13-39(38-37-20)27(6-7-27)25(30)31/h4-5,8-9,11-13,23,25,36H,6-7,14H2,1-3H3,(H,34,35)/i23D. The molecule has 202 valence electrons. The van der Waals surface area contributed by atoms with Gasteiger partial charge in [0.15, 0.2) is 0 Å². The van der Waals surface area contributed by atoms with Crippen molar-refractivity contribution in [2.75, 3.05) is 17.2 Å². The number of fused-ring (bicyclic) bond motifs is 1. The molecular weight excluding hydrogens is 529 g/mol. The van der Waals surface area contributed by atoms with E-state index in [4.69, 9.17) is 11.6 Å². The summed E-state index contributed by atoms with van der Waals surface area (Å²) < 4.78 is 51.7. The molecule has 0 aliphatic heterocycles. The van der Waals surface area contributed by atoms with Gasteiger partial charge in [0, 0.05) is 30.0 Å². The van der Waals surface area contributed by atoms with Gasteiger partial charge in [-0.1, -0.05) is 43.7 Å². The summed E-state index contributed by atoms with van der Waals surface area (Å²) in [5.41, 5.74) is 0.272. The van der Waals surface area contributed by atoms with Crippen molar-refractivity contribution in [3.05, 3.63) is 70.6 Å². The minimum Gasteiger partial charge on any atom is -0.383 e. The highest BCUT2D eigenvalue weighted by Gasteiger charge is 2.54. The lowest BCUT2D eigenvalue weighted by atomic mass is 9.96. The number of pyridine rings is 2. The Morgan fingerprint density at radius 3 is 2.62 bits per heavy atom. The number of nitrogens with zero attached hydrogens (tertiary/aromatic N) is 6. The van der Waals surface area contributed by atoms with Crippen LogP contribution in [-0.4, -0.2) is 37.9 Å². The Bertz CT molecular complexity index is 1610. The first-order valence-corrected chi connectivity index (χ1v) is 12.6. The first-order valence-electron chi connectivity index (χ1n) is 12.7. The van der Waals surface area contributed by atoms with Crippen LogP contribution in [0.2, 0.25) is 5.02 Å². The molecule has 3 heterocycles. The summed E-state index contributed by atoms with van der Waals surface area (Å²) in [6.07, 6.45) is 1.74. The van der Waals surface area contributed by atoms with Crippen LogP contribution in [-0.2, 0) is 5.54 Å². The quantitative estimate of drug-likeness (QED) is 0.246. The highest BCUT2D eigenvalue weighted by atomic mass is 35.5. The van der Waals surface area contributed by atoms with Crippen molar-refractivity contribution in [2.24, 2.45) is 5.41 Å². The second kappa shape index (κ2) is 10.0. The molecule has 1 saturated carbocycles. The second-order valence-corrected chi connectivity index (χ2v) is 11.2. The lowest BCUT2D eigenvalue weighted by molar-refractivity contribution is 0.0593. The van der Waals surface area contributed by atoms with Gasteiger partial charge in [-0.15, -0.1) is 5.10 Å². The fourth-order valence-electron chi connectivity index (χ4n) is 4.18. The molecule has 0 radical (unpaired) electrons. The molecule has 1 aliphatic carbocycles. The first-order chi connectivity index (χ1) is 18.9. The Morgan fingerprint density at radius 1 is 1.23 bits per heavy atom. The maximum atomic E-state index is 13.8. The third-order valence-corrected chi connectivity index (χ3v) is 6.79. The molecule has 4 aromatic rings. The first kappa shape index (κ1) is 25.4. The summed E-state index contributed by atoms with van der Waals surface area (Å²) >= 11 is 6.62. The Labute approximate surface area is 229 Å². The minimum absolute atomic E-state index is 0.000894. The van der Waals surface area contributed by atoms with Crippen LogP contribution in [0.3, 0.4) is 0 Å². The van der Waals surface area contributed by atoms with Gasteiger partial charge in [0.2, 0.25) is 5.95 Å². The maximum absolute atomic E-state index is 13.8. The highest BCUT2D eigenvalue weighted by Crippen LogP contribution is 2.48. The van der Waals surface area contributed by atoms with Gasteiger partial charge in [0.05, 0.1) is 35.4 Å². The molecule has 0 saturated heterocycles. The molecule has 0 amide bonds. The number of rotatable bonds is 8. The molecule has 1 atom stereocenters. The van der Waals surface area contributed by atoms with E-state index in [1.165, 1.54) is 24.7 Å². The van der Waals surface area contributed by atoms with Crippen molar-refractivity contribution in [1.82, 2.24) is 25.0 Å². The monoisotopic (exact) mass is 555 g/mol. The molecule has 1 fully saturated rings. The predicted molar refractivity (Wildman–Crippen MR) is 142 cm³/mol. The van der Waals surface area contributed by atoms with Gasteiger partial charge in [-0.05, 0) is 42.0 Å². The SMILES string of the molecule is [2H]C(Nc1cc(Cl)c2ncc(C#N)c(NCC(C)(C)C)c2c1)(c1ccc(F)nc1)c1cn(C2(C(F)F)CC2)nn1. The van der Waals surface area contributed by atoms with Crippen molar-refractivity contribution in [3.8, 4) is 6.07 Å². The van der Waals surface area contributed by atoms with Crippen LogP contribution in [0, 0.1) is 22.7 Å². The van der Waals surface area contributed by atoms with E-state index >= 15 is 0 Å². The summed E-state index contributed by atoms with van der Waals surface area (Å²) in [4.78, 5) is 8.03. The van der Waals surface area contributed by atoms with Crippen molar-refractivity contribution in [1.29, 1.82) is 5.26 Å². The summed E-state index contributed by atoms with van der Waals surface area (Å²) in [5, 5.41) is 24.9. The molecular formula is C27H26ClF3N8. The second-order valence-electron chi connectivity index (χ2n) is 10.7. The van der Waals surface area contributed by atoms with Crippen LogP contribution in [0.4, 0.5) is 24.5 Å². The van der Waals surface area contributed by atoms with Crippen LogP contribution in [0.15, 0.2) is 42.9 Å². The van der Waals surface area contributed by atoms with Crippen LogP contribution >= 0.6 is 11.6 Å². The largest absolute Gasteiger partial charge is 0.383 e. The average molecular weight is 556 g/mol. The van der Waals surface area contributed by atoms with E-state index in [9.17, 15) is 19.8 Å². The van der Waals surface area contributed by atoms with Crippen molar-refractivity contribution in [2.45, 2.75) is 51.6 Å². The zero-order valence-corrected chi connectivity index (χ0v) is 22.2. The smallest absolute Gasteiger partial charge is 0.263 e. The maximum Gasteiger partial charge on any atom is 0.263 e. The van der Waals surface area contributed by atoms with E-state index in [2.05, 4.69) is 37.0 Å². The van der Waals surface area contributed by atoms with Crippen LogP contribution < -0.4 is 10.6 Å². The fourth-order valence-corrected chi connectivity index (χ4v) is 4.45. The van der Waals surface area contributed by atoms with E-state index in [0.717, 1.165) is 10.7 Å². The highest BCUT2D eigenvalue weighted by molar-refractivity contribution is 6.35. The van der Waals surface area contributed by atoms with E-state index in [-0.39, 0.29) is 34.5 Å². The summed E-state index contributed by atoms with van der Waals surface area (Å²) in [6, 6.07) is 5.92. The summed E-state index contributed by atoms with van der Waals surface area (Å²) in [5.74, 6) is -0.747. The molecule has 0 spiro atoms. The normalized spacial score (nSPS) is 16.4. The lowest BCUT2D eigenvalue weighted by Crippen LogP contribution is -2.26. The molecule has 8 nitrogen and oxygen atoms in total. The van der Waals surface area contributed by atoms with Gasteiger partial charge in [0.25, 0.3) is 6.43 Å². The molecule has 3 aromatic heterocycles. The zero-order chi connectivity index (χ0) is 28.9. The fraction of sp³-hybridized carbons (Fsp3) is 0.370. The Kier molecular flexibility index (Phi) is 6.51. The molecule has 5 rings (SSSR count). The summed E-state index contributed by atoms with van der Waals surface area (Å²) in [7, 11) is 0. The van der Waals surface area contributed by atoms with Crippen molar-refractivity contribution >= 4 is 33.9 Å². The predicted octanol–water partition coefficient (Wildman–Crippen LogP) is 6.30. The molecule has 0 bridgehead atoms. The molecule has 39 heavy (non-hydrogen) atoms. The summed E-state index contributed by atoms with van der Waals surface area (Å²) in [6.45, 7) is 6.70. The number of anilines is 2. The van der Waals surface area contributed by atoms with Gasteiger partial charge in [-0.3, -0.25) is 4.98 Å².